The highest BCUT2D eigenvalue weighted by atomic mass is 35.5. The number of ether oxygens (including phenoxy) is 1. The molecule has 1 amide bonds. The first kappa shape index (κ1) is 19.7. The van der Waals surface area contributed by atoms with E-state index in [0.29, 0.717) is 22.2 Å². The van der Waals surface area contributed by atoms with Crippen LogP contribution in [-0.4, -0.2) is 33.0 Å². The molecule has 150 valence electrons. The minimum Gasteiger partial charge on any atom is -0.482 e. The Morgan fingerprint density at radius 3 is 2.66 bits per heavy atom. The van der Waals surface area contributed by atoms with Gasteiger partial charge in [-0.2, -0.15) is 0 Å². The lowest BCUT2D eigenvalue weighted by atomic mass is 10.1. The molecule has 1 N–H and O–H groups in total. The Hall–Kier alpha value is -2.62. The molecule has 4 rings (SSSR count). The van der Waals surface area contributed by atoms with Gasteiger partial charge in [0.15, 0.2) is 11.7 Å². The molecule has 3 aromatic rings. The van der Waals surface area contributed by atoms with Crippen molar-refractivity contribution in [3.63, 3.8) is 0 Å². The number of fused-ring (bicyclic) bond motifs is 1. The van der Waals surface area contributed by atoms with Crippen molar-refractivity contribution in [1.29, 1.82) is 0 Å². The summed E-state index contributed by atoms with van der Waals surface area (Å²) in [7, 11) is -2.09. The van der Waals surface area contributed by atoms with E-state index in [1.807, 2.05) is 19.1 Å². The Kier molecular flexibility index (Phi) is 4.97. The molecule has 1 aromatic heterocycles. The highest BCUT2D eigenvalue weighted by molar-refractivity contribution is 7.93. The number of thiazole rings is 1. The van der Waals surface area contributed by atoms with Crippen molar-refractivity contribution < 1.29 is 17.9 Å². The van der Waals surface area contributed by atoms with E-state index in [9.17, 15) is 13.2 Å². The fourth-order valence-corrected chi connectivity index (χ4v) is 5.11. The summed E-state index contributed by atoms with van der Waals surface area (Å²) in [6.45, 7) is 1.87. The molecule has 0 saturated carbocycles. The van der Waals surface area contributed by atoms with Gasteiger partial charge in [-0.1, -0.05) is 11.6 Å². The van der Waals surface area contributed by atoms with Gasteiger partial charge in [0.2, 0.25) is 0 Å². The first-order chi connectivity index (χ1) is 13.7. The third-order valence-electron chi connectivity index (χ3n) is 4.46. The standard InChI is InChI=1S/C19H16ClN3O4S2/c1-11-18(12-3-8-16-15(9-12)23(2)17(24)10-27-16)21-19(28-11)22-29(25,26)14-6-4-13(20)5-7-14/h3-9H,10H2,1-2H3,(H,21,22). The normalized spacial score (nSPS) is 13.8. The number of benzene rings is 2. The number of hydrogen-bond acceptors (Lipinski definition) is 6. The van der Waals surface area contributed by atoms with Crippen LogP contribution in [0.5, 0.6) is 5.75 Å². The number of anilines is 2. The smallest absolute Gasteiger partial charge is 0.264 e. The van der Waals surface area contributed by atoms with Gasteiger partial charge in [-0.3, -0.25) is 9.52 Å². The summed E-state index contributed by atoms with van der Waals surface area (Å²) in [5.74, 6) is 0.480. The number of hydrogen-bond donors (Lipinski definition) is 1. The summed E-state index contributed by atoms with van der Waals surface area (Å²) in [6.07, 6.45) is 0. The molecular formula is C19H16ClN3O4S2. The van der Waals surface area contributed by atoms with Gasteiger partial charge in [-0.15, -0.1) is 11.3 Å². The molecule has 0 saturated heterocycles. The van der Waals surface area contributed by atoms with Crippen molar-refractivity contribution in [2.45, 2.75) is 11.8 Å². The molecule has 10 heteroatoms. The highest BCUT2D eigenvalue weighted by Crippen LogP contribution is 2.38. The molecule has 0 atom stereocenters. The predicted octanol–water partition coefficient (Wildman–Crippen LogP) is 3.93. The van der Waals surface area contributed by atoms with Crippen LogP contribution in [0.2, 0.25) is 5.02 Å². The van der Waals surface area contributed by atoms with Crippen LogP contribution in [0, 0.1) is 6.92 Å². The Morgan fingerprint density at radius 2 is 1.93 bits per heavy atom. The summed E-state index contributed by atoms with van der Waals surface area (Å²) < 4.78 is 33.1. The Labute approximate surface area is 177 Å². The maximum Gasteiger partial charge on any atom is 0.264 e. The van der Waals surface area contributed by atoms with E-state index in [1.165, 1.54) is 40.5 Å². The van der Waals surface area contributed by atoms with E-state index >= 15 is 0 Å². The Balaban J connectivity index is 1.65. The van der Waals surface area contributed by atoms with Crippen LogP contribution >= 0.6 is 22.9 Å². The number of aryl methyl sites for hydroxylation is 1. The summed E-state index contributed by atoms with van der Waals surface area (Å²) in [4.78, 5) is 18.8. The molecule has 0 unspecified atom stereocenters. The monoisotopic (exact) mass is 449 g/mol. The molecule has 0 aliphatic carbocycles. The van der Waals surface area contributed by atoms with Crippen molar-refractivity contribution in [1.82, 2.24) is 4.98 Å². The van der Waals surface area contributed by atoms with Gasteiger partial charge >= 0.3 is 0 Å². The van der Waals surface area contributed by atoms with Crippen molar-refractivity contribution in [2.24, 2.45) is 0 Å². The van der Waals surface area contributed by atoms with Crippen molar-refractivity contribution >= 4 is 49.7 Å². The van der Waals surface area contributed by atoms with Gasteiger partial charge in [0.05, 0.1) is 16.3 Å². The number of aromatic nitrogens is 1. The molecule has 0 bridgehead atoms. The molecule has 0 spiro atoms. The number of nitrogens with one attached hydrogen (secondary N) is 1. The summed E-state index contributed by atoms with van der Waals surface area (Å²) >= 11 is 7.06. The number of halogens is 1. The lowest BCUT2D eigenvalue weighted by molar-refractivity contribution is -0.120. The van der Waals surface area contributed by atoms with Gasteiger partial charge in [-0.25, -0.2) is 13.4 Å². The molecular weight excluding hydrogens is 434 g/mol. The van der Waals surface area contributed by atoms with Gasteiger partial charge in [-0.05, 0) is 49.4 Å². The van der Waals surface area contributed by atoms with Crippen LogP contribution in [-0.2, 0) is 14.8 Å². The molecule has 29 heavy (non-hydrogen) atoms. The summed E-state index contributed by atoms with van der Waals surface area (Å²) in [5, 5.41) is 0.710. The van der Waals surface area contributed by atoms with Crippen LogP contribution < -0.4 is 14.4 Å². The van der Waals surface area contributed by atoms with Crippen LogP contribution in [0.25, 0.3) is 11.3 Å². The average Bonchev–Trinajstić information content (AvgIpc) is 3.04. The summed E-state index contributed by atoms with van der Waals surface area (Å²) in [5.41, 5.74) is 2.05. The zero-order valence-electron chi connectivity index (χ0n) is 15.5. The maximum absolute atomic E-state index is 12.6. The first-order valence-electron chi connectivity index (χ1n) is 8.54. The molecule has 2 heterocycles. The minimum absolute atomic E-state index is 0.00913. The second-order valence-corrected chi connectivity index (χ2v) is 9.73. The van der Waals surface area contributed by atoms with Gasteiger partial charge in [0.25, 0.3) is 15.9 Å². The van der Waals surface area contributed by atoms with Gasteiger partial charge in [0.1, 0.15) is 5.75 Å². The predicted molar refractivity (Wildman–Crippen MR) is 113 cm³/mol. The second kappa shape index (κ2) is 7.33. The molecule has 1 aliphatic rings. The van der Waals surface area contributed by atoms with Gasteiger partial charge < -0.3 is 9.64 Å². The minimum atomic E-state index is -3.78. The molecule has 0 fully saturated rings. The van der Waals surface area contributed by atoms with E-state index < -0.39 is 10.0 Å². The first-order valence-corrected chi connectivity index (χ1v) is 11.2. The number of rotatable bonds is 4. The van der Waals surface area contributed by atoms with E-state index in [0.717, 1.165) is 10.4 Å². The molecule has 2 aromatic carbocycles. The summed E-state index contributed by atoms with van der Waals surface area (Å²) in [6, 6.07) is 11.3. The fraction of sp³-hybridized carbons (Fsp3) is 0.158. The van der Waals surface area contributed by atoms with E-state index in [2.05, 4.69) is 9.71 Å². The lowest BCUT2D eigenvalue weighted by Crippen LogP contribution is -2.35. The largest absolute Gasteiger partial charge is 0.482 e. The molecule has 0 radical (unpaired) electrons. The third-order valence-corrected chi connectivity index (χ3v) is 7.08. The van der Waals surface area contributed by atoms with Crippen LogP contribution in [0.4, 0.5) is 10.8 Å². The van der Waals surface area contributed by atoms with Crippen molar-refractivity contribution in [2.75, 3.05) is 23.3 Å². The Morgan fingerprint density at radius 1 is 1.21 bits per heavy atom. The van der Waals surface area contributed by atoms with Crippen molar-refractivity contribution in [3.8, 4) is 17.0 Å². The molecule has 1 aliphatic heterocycles. The topological polar surface area (TPSA) is 88.6 Å². The van der Waals surface area contributed by atoms with Crippen LogP contribution in [0.15, 0.2) is 47.4 Å². The van der Waals surface area contributed by atoms with Crippen LogP contribution in [0.1, 0.15) is 4.88 Å². The van der Waals surface area contributed by atoms with Crippen molar-refractivity contribution in [3.05, 3.63) is 52.4 Å². The number of carbonyl (C=O) groups excluding carboxylic acids is 1. The number of carbonyl (C=O) groups is 1. The Bertz CT molecular complexity index is 1210. The number of nitrogens with zero attached hydrogens (tertiary/aromatic N) is 2. The number of amides is 1. The maximum atomic E-state index is 12.6. The second-order valence-electron chi connectivity index (χ2n) is 6.41. The number of sulfonamides is 1. The number of likely N-dealkylation sites (N-methyl/N-ethyl adjacent to an activating group) is 1. The van der Waals surface area contributed by atoms with E-state index in [4.69, 9.17) is 16.3 Å². The molecule has 7 nitrogen and oxygen atoms in total. The highest BCUT2D eigenvalue weighted by Gasteiger charge is 2.24. The lowest BCUT2D eigenvalue weighted by Gasteiger charge is -2.26. The van der Waals surface area contributed by atoms with E-state index in [-0.39, 0.29) is 22.5 Å². The zero-order chi connectivity index (χ0) is 20.8. The van der Waals surface area contributed by atoms with E-state index in [1.54, 1.807) is 13.1 Å². The fourth-order valence-electron chi connectivity index (χ4n) is 2.92. The van der Waals surface area contributed by atoms with Gasteiger partial charge in [0, 0.05) is 22.5 Å². The van der Waals surface area contributed by atoms with Crippen LogP contribution in [0.3, 0.4) is 0 Å². The quantitative estimate of drug-likeness (QED) is 0.652. The average molecular weight is 450 g/mol. The third kappa shape index (κ3) is 3.81. The SMILES string of the molecule is Cc1sc(NS(=O)(=O)c2ccc(Cl)cc2)nc1-c1ccc2c(c1)N(C)C(=O)CO2. The zero-order valence-corrected chi connectivity index (χ0v) is 17.9.